The van der Waals surface area contributed by atoms with E-state index in [0.717, 1.165) is 27.9 Å². The van der Waals surface area contributed by atoms with E-state index in [9.17, 15) is 14.4 Å². The molecule has 158 valence electrons. The van der Waals surface area contributed by atoms with Crippen molar-refractivity contribution < 1.29 is 19.1 Å². The van der Waals surface area contributed by atoms with Gasteiger partial charge in [-0.25, -0.2) is 0 Å². The maximum atomic E-state index is 12.5. The predicted octanol–water partition coefficient (Wildman–Crippen LogP) is 3.59. The number of carbonyl (C=O) groups excluding carboxylic acids is 3. The Kier molecular flexibility index (Phi) is 6.46. The van der Waals surface area contributed by atoms with E-state index >= 15 is 0 Å². The zero-order valence-corrected chi connectivity index (χ0v) is 18.1. The van der Waals surface area contributed by atoms with E-state index in [0.29, 0.717) is 17.9 Å². The molecule has 0 saturated heterocycles. The predicted molar refractivity (Wildman–Crippen MR) is 116 cm³/mol. The van der Waals surface area contributed by atoms with Gasteiger partial charge in [0.15, 0.2) is 6.61 Å². The highest BCUT2D eigenvalue weighted by molar-refractivity contribution is 6.30. The van der Waals surface area contributed by atoms with Crippen LogP contribution in [0.5, 0.6) is 0 Å². The van der Waals surface area contributed by atoms with Gasteiger partial charge < -0.3 is 15.4 Å². The Hall–Kier alpha value is -2.86. The van der Waals surface area contributed by atoms with Crippen molar-refractivity contribution in [2.24, 2.45) is 0 Å². The van der Waals surface area contributed by atoms with E-state index in [4.69, 9.17) is 16.3 Å². The third-order valence-corrected chi connectivity index (χ3v) is 5.51. The molecule has 3 rings (SSSR count). The number of halogens is 1. The average Bonchev–Trinajstić information content (AvgIpc) is 3.50. The number of benzene rings is 2. The minimum Gasteiger partial charge on any atom is -0.455 e. The zero-order valence-electron chi connectivity index (χ0n) is 17.3. The summed E-state index contributed by atoms with van der Waals surface area (Å²) in [6.45, 7) is 5.20. The molecule has 2 amide bonds. The zero-order chi connectivity index (χ0) is 21.9. The second-order valence-corrected chi connectivity index (χ2v) is 8.20. The van der Waals surface area contributed by atoms with Crippen LogP contribution in [-0.4, -0.2) is 30.9 Å². The van der Waals surface area contributed by atoms with Gasteiger partial charge in [0, 0.05) is 10.7 Å². The van der Waals surface area contributed by atoms with Crippen LogP contribution in [0.4, 0.5) is 5.69 Å². The summed E-state index contributed by atoms with van der Waals surface area (Å²) in [5.41, 5.74) is 3.91. The maximum absolute atomic E-state index is 12.5. The van der Waals surface area contributed by atoms with Gasteiger partial charge in [0.1, 0.15) is 0 Å². The monoisotopic (exact) mass is 428 g/mol. The Morgan fingerprint density at radius 1 is 1.00 bits per heavy atom. The minimum absolute atomic E-state index is 0.203. The first kappa shape index (κ1) is 21.8. The van der Waals surface area contributed by atoms with Crippen molar-refractivity contribution in [3.05, 3.63) is 63.7 Å². The molecule has 0 spiro atoms. The van der Waals surface area contributed by atoms with Crippen molar-refractivity contribution >= 4 is 35.1 Å². The lowest BCUT2D eigenvalue weighted by atomic mass is 9.96. The molecule has 0 radical (unpaired) electrons. The van der Waals surface area contributed by atoms with E-state index in [-0.39, 0.29) is 12.5 Å². The molecule has 6 nitrogen and oxygen atoms in total. The van der Waals surface area contributed by atoms with Gasteiger partial charge in [-0.05, 0) is 62.4 Å². The molecule has 0 heterocycles. The number of amides is 2. The van der Waals surface area contributed by atoms with Crippen LogP contribution in [0.2, 0.25) is 5.02 Å². The van der Waals surface area contributed by atoms with Gasteiger partial charge >= 0.3 is 5.97 Å². The third kappa shape index (κ3) is 5.00. The number of hydrogen-bond acceptors (Lipinski definition) is 4. The first-order valence-corrected chi connectivity index (χ1v) is 10.2. The summed E-state index contributed by atoms with van der Waals surface area (Å²) in [6.07, 6.45) is 1.35. The molecular formula is C23H25ClN2O4. The summed E-state index contributed by atoms with van der Waals surface area (Å²) in [4.78, 5) is 36.7. The molecule has 1 fully saturated rings. The molecule has 7 heteroatoms. The van der Waals surface area contributed by atoms with E-state index < -0.39 is 23.9 Å². The van der Waals surface area contributed by atoms with E-state index in [1.807, 2.05) is 32.9 Å². The summed E-state index contributed by atoms with van der Waals surface area (Å²) in [5, 5.41) is 5.89. The lowest BCUT2D eigenvalue weighted by molar-refractivity contribution is -0.151. The number of rotatable bonds is 7. The van der Waals surface area contributed by atoms with Gasteiger partial charge in [-0.3, -0.25) is 14.4 Å². The summed E-state index contributed by atoms with van der Waals surface area (Å²) in [7, 11) is 0. The van der Waals surface area contributed by atoms with Gasteiger partial charge in [0.05, 0.1) is 12.0 Å². The smallest absolute Gasteiger partial charge is 0.317 e. The van der Waals surface area contributed by atoms with Crippen LogP contribution >= 0.6 is 11.6 Å². The first-order chi connectivity index (χ1) is 14.2. The minimum atomic E-state index is -0.692. The standard InChI is InChI=1S/C23H25ClN2O4/c1-14-10-15(2)21(16(3)11-14)26-19(27)12-25-20(28)13-30-22(29)23(8-9-23)17-4-6-18(24)7-5-17/h4-7,10-11H,8-9,12-13H2,1-3H3,(H,25,28)(H,26,27). The van der Waals surface area contributed by atoms with Crippen LogP contribution in [0, 0.1) is 20.8 Å². The van der Waals surface area contributed by atoms with Crippen LogP contribution in [0.3, 0.4) is 0 Å². The van der Waals surface area contributed by atoms with Crippen LogP contribution in [-0.2, 0) is 24.5 Å². The molecule has 1 aliphatic carbocycles. The van der Waals surface area contributed by atoms with Crippen LogP contribution in [0.25, 0.3) is 0 Å². The molecular weight excluding hydrogens is 404 g/mol. The van der Waals surface area contributed by atoms with E-state index in [1.165, 1.54) is 0 Å². The summed E-state index contributed by atoms with van der Waals surface area (Å²) < 4.78 is 5.20. The van der Waals surface area contributed by atoms with Crippen LogP contribution < -0.4 is 10.6 Å². The number of hydrogen-bond donors (Lipinski definition) is 2. The molecule has 1 saturated carbocycles. The summed E-state index contributed by atoms with van der Waals surface area (Å²) in [5.74, 6) is -1.30. The number of aryl methyl sites for hydroxylation is 3. The number of nitrogens with one attached hydrogen (secondary N) is 2. The van der Waals surface area contributed by atoms with E-state index in [2.05, 4.69) is 10.6 Å². The highest BCUT2D eigenvalue weighted by Gasteiger charge is 2.52. The van der Waals surface area contributed by atoms with Gasteiger partial charge in [-0.2, -0.15) is 0 Å². The fraction of sp³-hybridized carbons (Fsp3) is 0.348. The third-order valence-electron chi connectivity index (χ3n) is 5.26. The molecule has 2 N–H and O–H groups in total. The summed E-state index contributed by atoms with van der Waals surface area (Å²) >= 11 is 5.90. The Morgan fingerprint density at radius 2 is 1.60 bits per heavy atom. The molecule has 0 bridgehead atoms. The van der Waals surface area contributed by atoms with Gasteiger partial charge in [-0.15, -0.1) is 0 Å². The number of carbonyl (C=O) groups is 3. The van der Waals surface area contributed by atoms with Crippen molar-refractivity contribution in [2.75, 3.05) is 18.5 Å². The Bertz CT molecular complexity index is 958. The number of esters is 1. The fourth-order valence-corrected chi connectivity index (χ4v) is 3.69. The highest BCUT2D eigenvalue weighted by atomic mass is 35.5. The molecule has 2 aromatic carbocycles. The molecule has 1 aliphatic rings. The second kappa shape index (κ2) is 8.88. The topological polar surface area (TPSA) is 84.5 Å². The molecule has 0 atom stereocenters. The maximum Gasteiger partial charge on any atom is 0.317 e. The second-order valence-electron chi connectivity index (χ2n) is 7.76. The van der Waals surface area contributed by atoms with Crippen LogP contribution in [0.1, 0.15) is 35.1 Å². The first-order valence-electron chi connectivity index (χ1n) is 9.79. The van der Waals surface area contributed by atoms with Gasteiger partial charge in [0.25, 0.3) is 5.91 Å². The van der Waals surface area contributed by atoms with Crippen molar-refractivity contribution in [1.29, 1.82) is 0 Å². The lowest BCUT2D eigenvalue weighted by Gasteiger charge is -2.15. The van der Waals surface area contributed by atoms with Crippen molar-refractivity contribution in [3.8, 4) is 0 Å². The van der Waals surface area contributed by atoms with Crippen LogP contribution in [0.15, 0.2) is 36.4 Å². The Morgan fingerprint density at radius 3 is 2.17 bits per heavy atom. The largest absolute Gasteiger partial charge is 0.455 e. The Balaban J connectivity index is 1.46. The molecule has 30 heavy (non-hydrogen) atoms. The molecule has 0 unspecified atom stereocenters. The van der Waals surface area contributed by atoms with Crippen molar-refractivity contribution in [2.45, 2.75) is 39.0 Å². The normalized spacial score (nSPS) is 14.0. The van der Waals surface area contributed by atoms with Gasteiger partial charge in [0.2, 0.25) is 5.91 Å². The van der Waals surface area contributed by atoms with Crippen molar-refractivity contribution in [3.63, 3.8) is 0 Å². The molecule has 0 aliphatic heterocycles. The van der Waals surface area contributed by atoms with E-state index in [1.54, 1.807) is 24.3 Å². The lowest BCUT2D eigenvalue weighted by Crippen LogP contribution is -2.36. The SMILES string of the molecule is Cc1cc(C)c(NC(=O)CNC(=O)COC(=O)C2(c3ccc(Cl)cc3)CC2)c(C)c1. The fourth-order valence-electron chi connectivity index (χ4n) is 3.56. The summed E-state index contributed by atoms with van der Waals surface area (Å²) in [6, 6.07) is 11.0. The van der Waals surface area contributed by atoms with Gasteiger partial charge in [-0.1, -0.05) is 41.4 Å². The Labute approximate surface area is 180 Å². The highest BCUT2D eigenvalue weighted by Crippen LogP contribution is 2.49. The molecule has 0 aromatic heterocycles. The average molecular weight is 429 g/mol. The quantitative estimate of drug-likeness (QED) is 0.660. The molecule has 2 aromatic rings. The number of anilines is 1. The van der Waals surface area contributed by atoms with Crippen molar-refractivity contribution in [1.82, 2.24) is 5.32 Å². The number of ether oxygens (including phenoxy) is 1.